The Morgan fingerprint density at radius 1 is 1.09 bits per heavy atom. The Labute approximate surface area is 192 Å². The number of rotatable bonds is 9. The van der Waals surface area contributed by atoms with Crippen LogP contribution < -0.4 is 0 Å². The summed E-state index contributed by atoms with van der Waals surface area (Å²) in [5.74, 6) is 1.82. The number of aldehydes is 1. The van der Waals surface area contributed by atoms with Gasteiger partial charge in [0.1, 0.15) is 12.0 Å². The van der Waals surface area contributed by atoms with Crippen LogP contribution in [0, 0.1) is 5.92 Å². The van der Waals surface area contributed by atoms with Crippen molar-refractivity contribution in [2.75, 3.05) is 13.3 Å². The molecular weight excluding hydrogens is 403 g/mol. The molecule has 0 heterocycles. The Bertz CT molecular complexity index is 836. The second-order valence-electron chi connectivity index (χ2n) is 8.65. The van der Waals surface area contributed by atoms with Crippen LogP contribution in [0.5, 0.6) is 5.75 Å². The van der Waals surface area contributed by atoms with E-state index in [1.165, 1.54) is 54.4 Å². The zero-order chi connectivity index (χ0) is 23.3. The van der Waals surface area contributed by atoms with Crippen molar-refractivity contribution in [3.63, 3.8) is 0 Å². The van der Waals surface area contributed by atoms with Crippen LogP contribution in [-0.2, 0) is 11.2 Å². The average Bonchev–Trinajstić information content (AvgIpc) is 2.84. The molecule has 0 atom stereocenters. The molecule has 0 bridgehead atoms. The predicted molar refractivity (Wildman–Crippen MR) is 130 cm³/mol. The van der Waals surface area contributed by atoms with Gasteiger partial charge in [-0.3, -0.25) is 9.18 Å². The molecule has 0 radical (unpaired) electrons. The molecule has 0 saturated heterocycles. The lowest BCUT2D eigenvalue weighted by molar-refractivity contribution is -0.105. The molecule has 2 aromatic carbocycles. The largest absolute Gasteiger partial charge is 0.508 e. The highest BCUT2D eigenvalue weighted by Crippen LogP contribution is 2.38. The van der Waals surface area contributed by atoms with Crippen LogP contribution in [0.15, 0.2) is 54.6 Å². The van der Waals surface area contributed by atoms with E-state index in [1.54, 1.807) is 6.07 Å². The monoisotopic (exact) mass is 440 g/mol. The van der Waals surface area contributed by atoms with Crippen molar-refractivity contribution >= 4 is 6.29 Å². The van der Waals surface area contributed by atoms with Gasteiger partial charge in [0, 0.05) is 5.57 Å². The van der Waals surface area contributed by atoms with Crippen molar-refractivity contribution in [2.45, 2.75) is 64.2 Å². The first-order chi connectivity index (χ1) is 15.5. The third-order valence-electron chi connectivity index (χ3n) is 6.38. The van der Waals surface area contributed by atoms with Gasteiger partial charge in [-0.05, 0) is 84.7 Å². The first-order valence-corrected chi connectivity index (χ1v) is 11.7. The molecule has 3 nitrogen and oxygen atoms in total. The van der Waals surface area contributed by atoms with Crippen LogP contribution in [0.1, 0.15) is 68.9 Å². The highest BCUT2D eigenvalue weighted by Gasteiger charge is 2.22. The average molecular weight is 441 g/mol. The topological polar surface area (TPSA) is 57.5 Å². The number of aliphatic hydroxyl groups is 1. The Morgan fingerprint density at radius 3 is 2.31 bits per heavy atom. The number of aliphatic hydroxyl groups excluding tert-OH is 1. The number of benzene rings is 2. The van der Waals surface area contributed by atoms with Gasteiger partial charge >= 0.3 is 0 Å². The highest BCUT2D eigenvalue weighted by atomic mass is 19.1. The summed E-state index contributed by atoms with van der Waals surface area (Å²) in [5.41, 5.74) is 5.30. The predicted octanol–water partition coefficient (Wildman–Crippen LogP) is 6.77. The lowest BCUT2D eigenvalue weighted by atomic mass is 9.77. The summed E-state index contributed by atoms with van der Waals surface area (Å²) >= 11 is 0. The van der Waals surface area contributed by atoms with Gasteiger partial charge in [0.05, 0.1) is 13.3 Å². The molecule has 174 valence electrons. The molecular formula is C28H37FO3. The Morgan fingerprint density at radius 2 is 1.78 bits per heavy atom. The van der Waals surface area contributed by atoms with Crippen molar-refractivity contribution in [2.24, 2.45) is 5.92 Å². The fraction of sp³-hybridized carbons (Fsp3) is 0.464. The summed E-state index contributed by atoms with van der Waals surface area (Å²) in [7, 11) is 0. The molecule has 0 unspecified atom stereocenters. The fourth-order valence-corrected chi connectivity index (χ4v) is 4.44. The maximum atomic E-state index is 12.2. The SMILES string of the molecule is C=C(C=O)CO.CCc1cc(O)ccc1-c1ccc(C2CCC(CCCCF)CC2)cc1. The Balaban J connectivity index is 0.000000534. The molecule has 0 aliphatic heterocycles. The summed E-state index contributed by atoms with van der Waals surface area (Å²) in [6.07, 6.45) is 9.53. The number of alkyl halides is 1. The maximum absolute atomic E-state index is 12.2. The van der Waals surface area contributed by atoms with E-state index >= 15 is 0 Å². The lowest BCUT2D eigenvalue weighted by Gasteiger charge is -2.29. The summed E-state index contributed by atoms with van der Waals surface area (Å²) in [4.78, 5) is 9.48. The molecule has 32 heavy (non-hydrogen) atoms. The zero-order valence-electron chi connectivity index (χ0n) is 19.2. The van der Waals surface area contributed by atoms with Crippen LogP contribution in [0.4, 0.5) is 4.39 Å². The van der Waals surface area contributed by atoms with Crippen LogP contribution in [0.2, 0.25) is 0 Å². The first-order valence-electron chi connectivity index (χ1n) is 11.7. The molecule has 1 aliphatic rings. The second-order valence-corrected chi connectivity index (χ2v) is 8.65. The molecule has 4 heteroatoms. The maximum Gasteiger partial charge on any atom is 0.147 e. The van der Waals surface area contributed by atoms with Gasteiger partial charge < -0.3 is 10.2 Å². The molecule has 0 amide bonds. The molecule has 0 spiro atoms. The molecule has 2 N–H and O–H groups in total. The smallest absolute Gasteiger partial charge is 0.147 e. The number of carbonyl (C=O) groups is 1. The molecule has 1 aliphatic carbocycles. The van der Waals surface area contributed by atoms with Crippen LogP contribution in [0.3, 0.4) is 0 Å². The number of phenolic OH excluding ortho intramolecular Hbond substituents is 1. The van der Waals surface area contributed by atoms with E-state index in [0.29, 0.717) is 18.0 Å². The van der Waals surface area contributed by atoms with Crippen molar-refractivity contribution in [3.05, 3.63) is 65.7 Å². The van der Waals surface area contributed by atoms with Crippen LogP contribution in [0.25, 0.3) is 11.1 Å². The van der Waals surface area contributed by atoms with Gasteiger partial charge in [-0.2, -0.15) is 0 Å². The van der Waals surface area contributed by atoms with Crippen molar-refractivity contribution in [3.8, 4) is 16.9 Å². The van der Waals surface area contributed by atoms with Crippen molar-refractivity contribution in [1.29, 1.82) is 0 Å². The van der Waals surface area contributed by atoms with Crippen molar-refractivity contribution < 1.29 is 19.4 Å². The fourth-order valence-electron chi connectivity index (χ4n) is 4.44. The zero-order valence-corrected chi connectivity index (χ0v) is 19.2. The van der Waals surface area contributed by atoms with Gasteiger partial charge in [-0.25, -0.2) is 0 Å². The highest BCUT2D eigenvalue weighted by molar-refractivity contribution is 5.72. The molecule has 3 rings (SSSR count). The van der Waals surface area contributed by atoms with Crippen LogP contribution in [-0.4, -0.2) is 29.8 Å². The van der Waals surface area contributed by atoms with E-state index in [4.69, 9.17) is 5.11 Å². The molecule has 0 aromatic heterocycles. The molecule has 2 aromatic rings. The summed E-state index contributed by atoms with van der Waals surface area (Å²) in [6.45, 7) is 4.90. The summed E-state index contributed by atoms with van der Waals surface area (Å²) < 4.78 is 12.2. The summed E-state index contributed by atoms with van der Waals surface area (Å²) in [6, 6.07) is 14.7. The number of hydrogen-bond donors (Lipinski definition) is 2. The minimum absolute atomic E-state index is 0.164. The Hall–Kier alpha value is -2.46. The number of aromatic hydroxyl groups is 1. The summed E-state index contributed by atoms with van der Waals surface area (Å²) in [5, 5.41) is 17.7. The van der Waals surface area contributed by atoms with Crippen molar-refractivity contribution in [1.82, 2.24) is 0 Å². The molecule has 1 fully saturated rings. The lowest BCUT2D eigenvalue weighted by Crippen LogP contribution is -2.13. The first kappa shape index (κ1) is 25.8. The number of phenols is 1. The van der Waals surface area contributed by atoms with E-state index in [9.17, 15) is 14.3 Å². The van der Waals surface area contributed by atoms with E-state index in [-0.39, 0.29) is 18.9 Å². The standard InChI is InChI=1S/C24H31FO.C4H6O2/c1-2-19-17-23(26)14-15-24(19)22-12-10-21(11-13-22)20-8-6-18(7-9-20)5-3-4-16-25;1-4(2-5)3-6/h10-15,17-18,20,26H,2-9,16H2,1H3;2,6H,1,3H2. The Kier molecular flexibility index (Phi) is 11.2. The third kappa shape index (κ3) is 7.90. The van der Waals surface area contributed by atoms with E-state index in [2.05, 4.69) is 37.8 Å². The molecule has 1 saturated carbocycles. The third-order valence-corrected chi connectivity index (χ3v) is 6.38. The van der Waals surface area contributed by atoms with E-state index in [1.807, 2.05) is 12.1 Å². The van der Waals surface area contributed by atoms with Gasteiger partial charge in [0.25, 0.3) is 0 Å². The van der Waals surface area contributed by atoms with Crippen LogP contribution >= 0.6 is 0 Å². The number of carbonyl (C=O) groups excluding carboxylic acids is 1. The van der Waals surface area contributed by atoms with Gasteiger partial charge in [-0.1, -0.05) is 56.7 Å². The number of aryl methyl sites for hydroxylation is 1. The minimum atomic E-state index is -0.233. The van der Waals surface area contributed by atoms with Gasteiger partial charge in [-0.15, -0.1) is 0 Å². The van der Waals surface area contributed by atoms with E-state index < -0.39 is 0 Å². The van der Waals surface area contributed by atoms with Gasteiger partial charge in [0.2, 0.25) is 0 Å². The second kappa shape index (κ2) is 13.8. The number of hydrogen-bond acceptors (Lipinski definition) is 3. The van der Waals surface area contributed by atoms with Gasteiger partial charge in [0.15, 0.2) is 0 Å². The number of halogens is 1. The van der Waals surface area contributed by atoms with E-state index in [0.717, 1.165) is 25.2 Å². The number of unbranched alkanes of at least 4 members (excludes halogenated alkanes) is 1. The normalized spacial score (nSPS) is 17.8. The quantitative estimate of drug-likeness (QED) is 0.257. The minimum Gasteiger partial charge on any atom is -0.508 e.